The van der Waals surface area contributed by atoms with Crippen LogP contribution in [0, 0.1) is 11.8 Å². The highest BCUT2D eigenvalue weighted by molar-refractivity contribution is 5.48. The van der Waals surface area contributed by atoms with Crippen molar-refractivity contribution >= 4 is 6.08 Å². The smallest absolute Gasteiger partial charge is 0.0660 e. The second kappa shape index (κ2) is 11.3. The van der Waals surface area contributed by atoms with Crippen molar-refractivity contribution in [2.24, 2.45) is 0 Å². The molecule has 1 rings (SSSR count). The van der Waals surface area contributed by atoms with Crippen LogP contribution in [0.4, 0.5) is 0 Å². The largest absolute Gasteiger partial charge is 0.373 e. The molecule has 0 aliphatic rings. The van der Waals surface area contributed by atoms with Gasteiger partial charge in [-0.05, 0) is 18.1 Å². The van der Waals surface area contributed by atoms with Crippen molar-refractivity contribution in [2.75, 3.05) is 13.2 Å². The first-order valence-corrected chi connectivity index (χ1v) is 6.86. The van der Waals surface area contributed by atoms with Gasteiger partial charge in [-0.2, -0.15) is 0 Å². The molecule has 0 unspecified atom stereocenters. The number of benzene rings is 1. The van der Waals surface area contributed by atoms with Crippen LogP contribution in [-0.2, 0) is 4.74 Å². The molecule has 1 nitrogen and oxygen atoms in total. The van der Waals surface area contributed by atoms with Crippen molar-refractivity contribution in [3.63, 3.8) is 0 Å². The van der Waals surface area contributed by atoms with Gasteiger partial charge >= 0.3 is 0 Å². The molecule has 0 heterocycles. The Morgan fingerprint density at radius 1 is 1.11 bits per heavy atom. The summed E-state index contributed by atoms with van der Waals surface area (Å²) in [5.41, 5.74) is 1.20. The summed E-state index contributed by atoms with van der Waals surface area (Å²) >= 11 is 0. The molecule has 1 aromatic carbocycles. The van der Waals surface area contributed by atoms with Crippen LogP contribution in [-0.4, -0.2) is 13.2 Å². The summed E-state index contributed by atoms with van der Waals surface area (Å²) in [6.45, 7) is 3.42. The van der Waals surface area contributed by atoms with Crippen molar-refractivity contribution in [3.05, 3.63) is 54.1 Å². The minimum Gasteiger partial charge on any atom is -0.373 e. The van der Waals surface area contributed by atoms with E-state index in [-0.39, 0.29) is 0 Å². The maximum atomic E-state index is 5.44. The number of hydrogen-bond acceptors (Lipinski definition) is 1. The first-order valence-electron chi connectivity index (χ1n) is 6.86. The van der Waals surface area contributed by atoms with E-state index in [1.165, 1.54) is 18.4 Å². The summed E-state index contributed by atoms with van der Waals surface area (Å²) in [6, 6.07) is 10.2. The Kier molecular flexibility index (Phi) is 9.10. The SMILES string of the molecule is CCCCC#C/C=C/COC/C=C/c1ccccc1. The van der Waals surface area contributed by atoms with E-state index < -0.39 is 0 Å². The Bertz CT molecular complexity index is 432. The number of allylic oxidation sites excluding steroid dienone is 1. The van der Waals surface area contributed by atoms with Crippen molar-refractivity contribution < 1.29 is 4.74 Å². The van der Waals surface area contributed by atoms with Crippen LogP contribution in [0.25, 0.3) is 6.08 Å². The van der Waals surface area contributed by atoms with Gasteiger partial charge < -0.3 is 4.74 Å². The minimum atomic E-state index is 0.613. The molecule has 0 radical (unpaired) electrons. The lowest BCUT2D eigenvalue weighted by Crippen LogP contribution is -1.89. The fourth-order valence-electron chi connectivity index (χ4n) is 1.46. The molecule has 0 aliphatic carbocycles. The summed E-state index contributed by atoms with van der Waals surface area (Å²) in [7, 11) is 0. The molecule has 0 saturated heterocycles. The van der Waals surface area contributed by atoms with Gasteiger partial charge in [0.15, 0.2) is 0 Å². The zero-order chi connectivity index (χ0) is 13.6. The first kappa shape index (κ1) is 15.3. The van der Waals surface area contributed by atoms with Crippen molar-refractivity contribution in [1.82, 2.24) is 0 Å². The molecular weight excluding hydrogens is 232 g/mol. The highest BCUT2D eigenvalue weighted by Crippen LogP contribution is 2.00. The molecule has 1 heteroatoms. The Morgan fingerprint density at radius 2 is 1.89 bits per heavy atom. The maximum Gasteiger partial charge on any atom is 0.0660 e. The zero-order valence-corrected chi connectivity index (χ0v) is 11.6. The summed E-state index contributed by atoms with van der Waals surface area (Å²) < 4.78 is 5.44. The highest BCUT2D eigenvalue weighted by Gasteiger charge is 1.82. The van der Waals surface area contributed by atoms with E-state index >= 15 is 0 Å². The van der Waals surface area contributed by atoms with Gasteiger partial charge in [-0.15, -0.1) is 0 Å². The van der Waals surface area contributed by atoms with Crippen LogP contribution in [0.5, 0.6) is 0 Å². The molecule has 0 bridgehead atoms. The van der Waals surface area contributed by atoms with Crippen LogP contribution in [0.1, 0.15) is 31.7 Å². The van der Waals surface area contributed by atoms with Gasteiger partial charge in [0.05, 0.1) is 13.2 Å². The third-order valence-corrected chi connectivity index (χ3v) is 2.50. The number of rotatable bonds is 7. The fraction of sp³-hybridized carbons (Fsp3) is 0.333. The fourth-order valence-corrected chi connectivity index (χ4v) is 1.46. The van der Waals surface area contributed by atoms with Crippen molar-refractivity contribution in [1.29, 1.82) is 0 Å². The predicted molar refractivity (Wildman–Crippen MR) is 82.7 cm³/mol. The Labute approximate surface area is 117 Å². The van der Waals surface area contributed by atoms with Crippen LogP contribution in [0.3, 0.4) is 0 Å². The third-order valence-electron chi connectivity index (χ3n) is 2.50. The van der Waals surface area contributed by atoms with E-state index in [0.717, 1.165) is 6.42 Å². The minimum absolute atomic E-state index is 0.613. The molecule has 0 atom stereocenters. The first-order chi connectivity index (χ1) is 9.43. The number of hydrogen-bond donors (Lipinski definition) is 0. The lowest BCUT2D eigenvalue weighted by Gasteiger charge is -1.94. The van der Waals surface area contributed by atoms with Gasteiger partial charge in [0.25, 0.3) is 0 Å². The van der Waals surface area contributed by atoms with Crippen LogP contribution >= 0.6 is 0 Å². The van der Waals surface area contributed by atoms with E-state index in [4.69, 9.17) is 4.74 Å². The quantitative estimate of drug-likeness (QED) is 0.515. The van der Waals surface area contributed by atoms with Crippen LogP contribution < -0.4 is 0 Å². The van der Waals surface area contributed by atoms with E-state index in [0.29, 0.717) is 13.2 Å². The second-order valence-electron chi connectivity index (χ2n) is 4.18. The van der Waals surface area contributed by atoms with Crippen molar-refractivity contribution in [3.8, 4) is 11.8 Å². The standard InChI is InChI=1S/C18H22O/c1-2-3-4-5-6-7-11-16-19-17-12-15-18-13-9-8-10-14-18/h7-15H,2-4,16-17H2,1H3/b11-7+,15-12+. The molecule has 0 saturated carbocycles. The molecule has 0 fully saturated rings. The predicted octanol–water partition coefficient (Wildman–Crippen LogP) is 4.47. The van der Waals surface area contributed by atoms with E-state index in [9.17, 15) is 0 Å². The number of ether oxygens (including phenoxy) is 1. The summed E-state index contributed by atoms with van der Waals surface area (Å²) in [4.78, 5) is 0. The molecule has 1 aromatic rings. The van der Waals surface area contributed by atoms with Gasteiger partial charge in [-0.3, -0.25) is 0 Å². The summed E-state index contributed by atoms with van der Waals surface area (Å²) in [6.07, 6.45) is 11.3. The van der Waals surface area contributed by atoms with Gasteiger partial charge in [-0.25, -0.2) is 0 Å². The second-order valence-corrected chi connectivity index (χ2v) is 4.18. The average molecular weight is 254 g/mol. The topological polar surface area (TPSA) is 9.23 Å². The lowest BCUT2D eigenvalue weighted by molar-refractivity contribution is 0.194. The van der Waals surface area contributed by atoms with E-state index in [1.807, 2.05) is 36.4 Å². The normalized spacial score (nSPS) is 10.8. The zero-order valence-electron chi connectivity index (χ0n) is 11.6. The molecule has 0 aliphatic heterocycles. The van der Waals surface area contributed by atoms with Gasteiger partial charge in [-0.1, -0.05) is 73.7 Å². The molecule has 0 aromatic heterocycles. The molecule has 100 valence electrons. The van der Waals surface area contributed by atoms with Crippen LogP contribution in [0.2, 0.25) is 0 Å². The van der Waals surface area contributed by atoms with Gasteiger partial charge in [0.2, 0.25) is 0 Å². The number of unbranched alkanes of at least 4 members (excludes halogenated alkanes) is 2. The highest BCUT2D eigenvalue weighted by atomic mass is 16.5. The van der Waals surface area contributed by atoms with Gasteiger partial charge in [0.1, 0.15) is 0 Å². The van der Waals surface area contributed by atoms with E-state index in [1.54, 1.807) is 0 Å². The Balaban J connectivity index is 2.06. The molecular formula is C18H22O. The van der Waals surface area contributed by atoms with Crippen molar-refractivity contribution in [2.45, 2.75) is 26.2 Å². The Morgan fingerprint density at radius 3 is 2.68 bits per heavy atom. The summed E-state index contributed by atoms with van der Waals surface area (Å²) in [5.74, 6) is 6.11. The monoisotopic (exact) mass is 254 g/mol. The molecule has 19 heavy (non-hydrogen) atoms. The average Bonchev–Trinajstić information content (AvgIpc) is 2.46. The molecule has 0 N–H and O–H groups in total. The molecule has 0 amide bonds. The van der Waals surface area contributed by atoms with E-state index in [2.05, 4.69) is 37.0 Å². The summed E-state index contributed by atoms with van der Waals surface area (Å²) in [5, 5.41) is 0. The Hall–Kier alpha value is -1.78. The van der Waals surface area contributed by atoms with Crippen LogP contribution in [0.15, 0.2) is 48.6 Å². The van der Waals surface area contributed by atoms with Gasteiger partial charge in [0, 0.05) is 6.42 Å². The lowest BCUT2D eigenvalue weighted by atomic mass is 10.2. The maximum absolute atomic E-state index is 5.44. The third kappa shape index (κ3) is 8.88. The molecule has 0 spiro atoms.